The Morgan fingerprint density at radius 1 is 1.12 bits per heavy atom. The Labute approximate surface area is 189 Å². The summed E-state index contributed by atoms with van der Waals surface area (Å²) in [6, 6.07) is 14.7. The largest absolute Gasteiger partial charge is 0.382 e. The maximum absolute atomic E-state index is 12.2. The molecule has 0 spiro atoms. The molecule has 3 aromatic rings. The third-order valence-corrected chi connectivity index (χ3v) is 8.07. The van der Waals surface area contributed by atoms with Crippen LogP contribution in [0.15, 0.2) is 48.8 Å². The molecule has 1 aromatic heterocycles. The number of sulfonamides is 1. The number of hydrogen-bond acceptors (Lipinski definition) is 5. The van der Waals surface area contributed by atoms with E-state index in [1.165, 1.54) is 0 Å². The molecule has 0 saturated carbocycles. The summed E-state index contributed by atoms with van der Waals surface area (Å²) in [7, 11) is -3.14. The molecule has 2 aromatic carbocycles. The quantitative estimate of drug-likeness (QED) is 0.597. The van der Waals surface area contributed by atoms with Crippen molar-refractivity contribution in [2.75, 3.05) is 24.2 Å². The van der Waals surface area contributed by atoms with Gasteiger partial charge in [-0.1, -0.05) is 13.0 Å². The highest BCUT2D eigenvalue weighted by Crippen LogP contribution is 2.33. The molecule has 0 unspecified atom stereocenters. The van der Waals surface area contributed by atoms with Gasteiger partial charge in [-0.2, -0.15) is 5.26 Å². The monoisotopic (exact) mass is 448 g/mol. The maximum Gasteiger partial charge on any atom is 0.213 e. The molecule has 32 heavy (non-hydrogen) atoms. The van der Waals surface area contributed by atoms with Crippen molar-refractivity contribution in [1.82, 2.24) is 9.29 Å². The van der Waals surface area contributed by atoms with Gasteiger partial charge in [-0.25, -0.2) is 12.7 Å². The Hall–Kier alpha value is -2.95. The minimum Gasteiger partial charge on any atom is -0.382 e. The Morgan fingerprint density at radius 2 is 1.88 bits per heavy atom. The number of nitriles is 1. The van der Waals surface area contributed by atoms with E-state index in [0.29, 0.717) is 18.7 Å². The van der Waals surface area contributed by atoms with Crippen molar-refractivity contribution in [1.29, 1.82) is 5.26 Å². The van der Waals surface area contributed by atoms with Gasteiger partial charge in [0.15, 0.2) is 0 Å². The molecule has 7 heteroatoms. The first-order valence-corrected chi connectivity index (χ1v) is 12.7. The Balaban J connectivity index is 1.67. The first-order chi connectivity index (χ1) is 15.4. The molecular weight excluding hydrogens is 420 g/mol. The van der Waals surface area contributed by atoms with Crippen LogP contribution >= 0.6 is 0 Å². The molecule has 1 fully saturated rings. The fraction of sp³-hybridized carbons (Fsp3) is 0.360. The van der Waals surface area contributed by atoms with E-state index in [0.717, 1.165) is 52.4 Å². The first kappa shape index (κ1) is 22.3. The van der Waals surface area contributed by atoms with Crippen LogP contribution in [0.25, 0.3) is 21.9 Å². The molecule has 0 atom stereocenters. The van der Waals surface area contributed by atoms with Crippen molar-refractivity contribution < 1.29 is 8.42 Å². The van der Waals surface area contributed by atoms with Crippen LogP contribution in [0.2, 0.25) is 0 Å². The van der Waals surface area contributed by atoms with Crippen molar-refractivity contribution >= 4 is 26.5 Å². The van der Waals surface area contributed by atoms with E-state index >= 15 is 0 Å². The number of pyridine rings is 1. The standard InChI is InChI=1S/C25H28N4O2S/c1-3-18-11-19(16-26)13-21(12-18)22-14-20-5-8-27-17-24(20)25(15-22)28-23-6-9-29(10-7-23)32(30,31)4-2/h5,8,11-15,17,23,28H,3-4,6-7,9-10H2,1-2H3. The van der Waals surface area contributed by atoms with E-state index in [-0.39, 0.29) is 11.8 Å². The van der Waals surface area contributed by atoms with Gasteiger partial charge in [-0.05, 0) is 78.6 Å². The molecule has 1 saturated heterocycles. The van der Waals surface area contributed by atoms with Gasteiger partial charge in [0.25, 0.3) is 0 Å². The molecule has 2 heterocycles. The third kappa shape index (κ3) is 4.62. The molecular formula is C25H28N4O2S. The fourth-order valence-electron chi connectivity index (χ4n) is 4.29. The molecule has 4 rings (SSSR count). The lowest BCUT2D eigenvalue weighted by Crippen LogP contribution is -2.42. The van der Waals surface area contributed by atoms with Gasteiger partial charge in [-0.3, -0.25) is 4.98 Å². The Morgan fingerprint density at radius 3 is 2.56 bits per heavy atom. The van der Waals surface area contributed by atoms with Gasteiger partial charge in [-0.15, -0.1) is 0 Å². The molecule has 0 radical (unpaired) electrons. The Bertz CT molecular complexity index is 1270. The predicted octanol–water partition coefficient (Wildman–Crippen LogP) is 4.56. The lowest BCUT2D eigenvalue weighted by molar-refractivity contribution is 0.330. The Kier molecular flexibility index (Phi) is 6.45. The van der Waals surface area contributed by atoms with Crippen LogP contribution in [0.1, 0.15) is 37.8 Å². The molecule has 166 valence electrons. The topological polar surface area (TPSA) is 86.1 Å². The normalized spacial score (nSPS) is 15.5. The van der Waals surface area contributed by atoms with Crippen molar-refractivity contribution in [3.63, 3.8) is 0 Å². The second kappa shape index (κ2) is 9.27. The lowest BCUT2D eigenvalue weighted by Gasteiger charge is -2.32. The van der Waals surface area contributed by atoms with Crippen molar-refractivity contribution in [2.24, 2.45) is 0 Å². The summed E-state index contributed by atoms with van der Waals surface area (Å²) < 4.78 is 25.9. The minimum absolute atomic E-state index is 0.144. The van der Waals surface area contributed by atoms with Crippen LogP contribution in [0.3, 0.4) is 0 Å². The number of anilines is 1. The van der Waals surface area contributed by atoms with Crippen LogP contribution < -0.4 is 5.32 Å². The summed E-state index contributed by atoms with van der Waals surface area (Å²) in [6.45, 7) is 4.85. The van der Waals surface area contributed by atoms with Crippen LogP contribution in [-0.4, -0.2) is 42.6 Å². The average molecular weight is 449 g/mol. The SMILES string of the molecule is CCc1cc(C#N)cc(-c2cc(NC3CCN(S(=O)(=O)CC)CC3)c3cnccc3c2)c1. The van der Waals surface area contributed by atoms with Crippen LogP contribution in [-0.2, 0) is 16.4 Å². The number of nitrogens with one attached hydrogen (secondary N) is 1. The summed E-state index contributed by atoms with van der Waals surface area (Å²) in [5.41, 5.74) is 4.85. The maximum atomic E-state index is 12.2. The molecule has 6 nitrogen and oxygen atoms in total. The summed E-state index contributed by atoms with van der Waals surface area (Å²) in [5, 5.41) is 15.2. The zero-order valence-corrected chi connectivity index (χ0v) is 19.3. The van der Waals surface area contributed by atoms with E-state index in [9.17, 15) is 13.7 Å². The second-order valence-corrected chi connectivity index (χ2v) is 10.5. The van der Waals surface area contributed by atoms with Crippen molar-refractivity contribution in [3.8, 4) is 17.2 Å². The third-order valence-electron chi connectivity index (χ3n) is 6.19. The number of aromatic nitrogens is 1. The van der Waals surface area contributed by atoms with Gasteiger partial charge < -0.3 is 5.32 Å². The van der Waals surface area contributed by atoms with Crippen LogP contribution in [0, 0.1) is 11.3 Å². The predicted molar refractivity (Wildman–Crippen MR) is 129 cm³/mol. The van der Waals surface area contributed by atoms with Gasteiger partial charge in [0.2, 0.25) is 10.0 Å². The molecule has 1 aliphatic rings. The van der Waals surface area contributed by atoms with Gasteiger partial charge in [0.1, 0.15) is 0 Å². The summed E-state index contributed by atoms with van der Waals surface area (Å²) >= 11 is 0. The van der Waals surface area contributed by atoms with E-state index < -0.39 is 10.0 Å². The van der Waals surface area contributed by atoms with Gasteiger partial charge >= 0.3 is 0 Å². The number of fused-ring (bicyclic) bond motifs is 1. The summed E-state index contributed by atoms with van der Waals surface area (Å²) in [6.07, 6.45) is 6.03. The first-order valence-electron chi connectivity index (χ1n) is 11.1. The van der Waals surface area contributed by atoms with E-state index in [1.807, 2.05) is 24.4 Å². The molecule has 0 amide bonds. The summed E-state index contributed by atoms with van der Waals surface area (Å²) in [5.74, 6) is 0.144. The van der Waals surface area contributed by atoms with Crippen molar-refractivity contribution in [2.45, 2.75) is 39.2 Å². The fourth-order valence-corrected chi connectivity index (χ4v) is 5.43. The highest BCUT2D eigenvalue weighted by atomic mass is 32.2. The zero-order chi connectivity index (χ0) is 22.7. The molecule has 1 aliphatic heterocycles. The second-order valence-electron chi connectivity index (χ2n) is 8.22. The number of nitrogens with zero attached hydrogens (tertiary/aromatic N) is 3. The van der Waals surface area contributed by atoms with Crippen LogP contribution in [0.5, 0.6) is 0 Å². The van der Waals surface area contributed by atoms with E-state index in [2.05, 4.69) is 41.5 Å². The smallest absolute Gasteiger partial charge is 0.213 e. The minimum atomic E-state index is -3.14. The number of aryl methyl sites for hydroxylation is 1. The average Bonchev–Trinajstić information content (AvgIpc) is 2.83. The van der Waals surface area contributed by atoms with Crippen LogP contribution in [0.4, 0.5) is 5.69 Å². The van der Waals surface area contributed by atoms with E-state index in [4.69, 9.17) is 0 Å². The number of piperidine rings is 1. The van der Waals surface area contributed by atoms with Gasteiger partial charge in [0.05, 0.1) is 17.4 Å². The summed E-state index contributed by atoms with van der Waals surface area (Å²) in [4.78, 5) is 4.31. The lowest BCUT2D eigenvalue weighted by atomic mass is 9.96. The number of rotatable bonds is 6. The van der Waals surface area contributed by atoms with Crippen molar-refractivity contribution in [3.05, 3.63) is 59.9 Å². The zero-order valence-electron chi connectivity index (χ0n) is 18.5. The molecule has 0 aliphatic carbocycles. The number of hydrogen-bond donors (Lipinski definition) is 1. The van der Waals surface area contributed by atoms with E-state index in [1.54, 1.807) is 17.4 Å². The molecule has 1 N–H and O–H groups in total. The molecule has 0 bridgehead atoms. The highest BCUT2D eigenvalue weighted by Gasteiger charge is 2.27. The van der Waals surface area contributed by atoms with Gasteiger partial charge in [0, 0.05) is 42.6 Å². The highest BCUT2D eigenvalue weighted by molar-refractivity contribution is 7.89. The number of benzene rings is 2.